The summed E-state index contributed by atoms with van der Waals surface area (Å²) in [7, 11) is 0. The SMILES string of the molecule is O=C(O)c1cccn1CC(=O)N1CCN2CCCCC2C1. The number of amides is 1. The maximum Gasteiger partial charge on any atom is 0.352 e. The number of carbonyl (C=O) groups excluding carboxylic acids is 1. The van der Waals surface area contributed by atoms with Crippen molar-refractivity contribution in [2.45, 2.75) is 31.8 Å². The summed E-state index contributed by atoms with van der Waals surface area (Å²) in [5, 5.41) is 9.08. The minimum absolute atomic E-state index is 0.0129. The Morgan fingerprint density at radius 3 is 2.90 bits per heavy atom. The molecule has 1 N–H and O–H groups in total. The van der Waals surface area contributed by atoms with Gasteiger partial charge in [0.2, 0.25) is 5.91 Å². The zero-order chi connectivity index (χ0) is 14.8. The van der Waals surface area contributed by atoms with Gasteiger partial charge in [0.25, 0.3) is 0 Å². The molecule has 1 amide bonds. The number of piperidine rings is 1. The molecule has 1 unspecified atom stereocenters. The van der Waals surface area contributed by atoms with Crippen LogP contribution in [0.25, 0.3) is 0 Å². The maximum absolute atomic E-state index is 12.4. The maximum atomic E-state index is 12.4. The molecule has 6 nitrogen and oxygen atoms in total. The fraction of sp³-hybridized carbons (Fsp3) is 0.600. The van der Waals surface area contributed by atoms with Crippen LogP contribution in [0, 0.1) is 0 Å². The van der Waals surface area contributed by atoms with E-state index in [1.807, 2.05) is 4.90 Å². The molecule has 3 heterocycles. The number of carboxylic acids is 1. The molecule has 0 aromatic carbocycles. The summed E-state index contributed by atoms with van der Waals surface area (Å²) in [5.41, 5.74) is 0.166. The number of hydrogen-bond acceptors (Lipinski definition) is 3. The van der Waals surface area contributed by atoms with Gasteiger partial charge in [-0.3, -0.25) is 9.69 Å². The second-order valence-electron chi connectivity index (χ2n) is 5.85. The van der Waals surface area contributed by atoms with Crippen molar-refractivity contribution in [2.75, 3.05) is 26.2 Å². The fourth-order valence-electron chi connectivity index (χ4n) is 3.37. The smallest absolute Gasteiger partial charge is 0.352 e. The molecule has 0 radical (unpaired) electrons. The topological polar surface area (TPSA) is 65.8 Å². The number of aromatic nitrogens is 1. The van der Waals surface area contributed by atoms with E-state index in [4.69, 9.17) is 5.11 Å². The van der Waals surface area contributed by atoms with Crippen LogP contribution >= 0.6 is 0 Å². The summed E-state index contributed by atoms with van der Waals surface area (Å²) in [6, 6.07) is 3.67. The van der Waals surface area contributed by atoms with Crippen molar-refractivity contribution >= 4 is 11.9 Å². The second-order valence-corrected chi connectivity index (χ2v) is 5.85. The number of fused-ring (bicyclic) bond motifs is 1. The van der Waals surface area contributed by atoms with Gasteiger partial charge in [-0.1, -0.05) is 6.42 Å². The molecular formula is C15H21N3O3. The van der Waals surface area contributed by atoms with Crippen LogP contribution in [0.5, 0.6) is 0 Å². The predicted octanol–water partition coefficient (Wildman–Crippen LogP) is 0.883. The van der Waals surface area contributed by atoms with Gasteiger partial charge in [-0.25, -0.2) is 4.79 Å². The molecule has 2 saturated heterocycles. The van der Waals surface area contributed by atoms with E-state index in [1.54, 1.807) is 12.3 Å². The Labute approximate surface area is 123 Å². The van der Waals surface area contributed by atoms with E-state index in [9.17, 15) is 9.59 Å². The minimum Gasteiger partial charge on any atom is -0.477 e. The summed E-state index contributed by atoms with van der Waals surface area (Å²) in [6.07, 6.45) is 5.31. The number of carbonyl (C=O) groups is 2. The van der Waals surface area contributed by atoms with Crippen LogP contribution in [0.1, 0.15) is 29.8 Å². The second kappa shape index (κ2) is 5.89. The zero-order valence-electron chi connectivity index (χ0n) is 12.1. The fourth-order valence-corrected chi connectivity index (χ4v) is 3.37. The highest BCUT2D eigenvalue weighted by molar-refractivity contribution is 5.87. The monoisotopic (exact) mass is 291 g/mol. The lowest BCUT2D eigenvalue weighted by molar-refractivity contribution is -0.135. The summed E-state index contributed by atoms with van der Waals surface area (Å²) in [6.45, 7) is 3.73. The van der Waals surface area contributed by atoms with Gasteiger partial charge in [0.1, 0.15) is 12.2 Å². The van der Waals surface area contributed by atoms with Gasteiger partial charge in [0.05, 0.1) is 0 Å². The zero-order valence-corrected chi connectivity index (χ0v) is 12.1. The average molecular weight is 291 g/mol. The van der Waals surface area contributed by atoms with E-state index >= 15 is 0 Å². The van der Waals surface area contributed by atoms with E-state index < -0.39 is 5.97 Å². The van der Waals surface area contributed by atoms with Gasteiger partial charge in [-0.05, 0) is 31.5 Å². The Morgan fingerprint density at radius 2 is 2.10 bits per heavy atom. The van der Waals surface area contributed by atoms with E-state index in [0.717, 1.165) is 32.6 Å². The number of carboxylic acid groups (broad SMARTS) is 1. The van der Waals surface area contributed by atoms with E-state index in [0.29, 0.717) is 6.04 Å². The highest BCUT2D eigenvalue weighted by atomic mass is 16.4. The molecule has 6 heteroatoms. The van der Waals surface area contributed by atoms with E-state index in [2.05, 4.69) is 4.90 Å². The van der Waals surface area contributed by atoms with Crippen LogP contribution in [0.4, 0.5) is 0 Å². The molecule has 3 rings (SSSR count). The molecule has 1 aromatic heterocycles. The molecule has 2 aliphatic heterocycles. The number of nitrogens with zero attached hydrogens (tertiary/aromatic N) is 3. The van der Waals surface area contributed by atoms with Crippen LogP contribution < -0.4 is 0 Å². The minimum atomic E-state index is -0.995. The van der Waals surface area contributed by atoms with Gasteiger partial charge in [0.15, 0.2) is 0 Å². The van der Waals surface area contributed by atoms with Gasteiger partial charge in [-0.2, -0.15) is 0 Å². The first kappa shape index (κ1) is 14.1. The molecule has 0 spiro atoms. The lowest BCUT2D eigenvalue weighted by Gasteiger charge is -2.44. The van der Waals surface area contributed by atoms with Crippen LogP contribution in [0.2, 0.25) is 0 Å². The molecule has 0 aliphatic carbocycles. The molecule has 0 bridgehead atoms. The van der Waals surface area contributed by atoms with Crippen LogP contribution in [0.3, 0.4) is 0 Å². The third kappa shape index (κ3) is 2.95. The third-order valence-electron chi connectivity index (χ3n) is 4.54. The largest absolute Gasteiger partial charge is 0.477 e. The van der Waals surface area contributed by atoms with Crippen molar-refractivity contribution in [3.63, 3.8) is 0 Å². The first-order chi connectivity index (χ1) is 10.1. The molecular weight excluding hydrogens is 270 g/mol. The van der Waals surface area contributed by atoms with Gasteiger partial charge >= 0.3 is 5.97 Å². The molecule has 0 saturated carbocycles. The highest BCUT2D eigenvalue weighted by Gasteiger charge is 2.31. The van der Waals surface area contributed by atoms with Crippen LogP contribution in [0.15, 0.2) is 18.3 Å². The molecule has 2 aliphatic rings. The van der Waals surface area contributed by atoms with Crippen molar-refractivity contribution in [3.05, 3.63) is 24.0 Å². The summed E-state index contributed by atoms with van der Waals surface area (Å²) in [5.74, 6) is -0.983. The Kier molecular flexibility index (Phi) is 3.96. The lowest BCUT2D eigenvalue weighted by Crippen LogP contribution is -2.56. The molecule has 21 heavy (non-hydrogen) atoms. The number of aromatic carboxylic acids is 1. The quantitative estimate of drug-likeness (QED) is 0.898. The predicted molar refractivity (Wildman–Crippen MR) is 77.2 cm³/mol. The van der Waals surface area contributed by atoms with Crippen molar-refractivity contribution in [1.82, 2.24) is 14.4 Å². The molecule has 2 fully saturated rings. The standard InChI is InChI=1S/C15H21N3O3/c19-14(11-17-7-3-5-13(17)15(20)21)18-9-8-16-6-2-1-4-12(16)10-18/h3,5,7,12H,1-2,4,6,8-11H2,(H,20,21). The summed E-state index contributed by atoms with van der Waals surface area (Å²) in [4.78, 5) is 27.8. The first-order valence-corrected chi connectivity index (χ1v) is 7.55. The first-order valence-electron chi connectivity index (χ1n) is 7.55. The van der Waals surface area contributed by atoms with E-state index in [1.165, 1.54) is 23.5 Å². The number of hydrogen-bond donors (Lipinski definition) is 1. The Bertz CT molecular complexity index is 540. The molecule has 114 valence electrons. The van der Waals surface area contributed by atoms with Crippen molar-refractivity contribution in [1.29, 1.82) is 0 Å². The summed E-state index contributed by atoms with van der Waals surface area (Å²) >= 11 is 0. The van der Waals surface area contributed by atoms with Gasteiger partial charge in [0, 0.05) is 31.9 Å². The van der Waals surface area contributed by atoms with Crippen LogP contribution in [-0.2, 0) is 11.3 Å². The number of rotatable bonds is 3. The van der Waals surface area contributed by atoms with Gasteiger partial charge < -0.3 is 14.6 Å². The van der Waals surface area contributed by atoms with Crippen LogP contribution in [-0.4, -0.2) is 63.6 Å². The lowest BCUT2D eigenvalue weighted by atomic mass is 9.99. The third-order valence-corrected chi connectivity index (χ3v) is 4.54. The van der Waals surface area contributed by atoms with Crippen molar-refractivity contribution in [3.8, 4) is 0 Å². The average Bonchev–Trinajstić information content (AvgIpc) is 2.95. The van der Waals surface area contributed by atoms with Gasteiger partial charge in [-0.15, -0.1) is 0 Å². The Hall–Kier alpha value is -1.82. The Morgan fingerprint density at radius 1 is 1.24 bits per heavy atom. The number of piperazine rings is 1. The van der Waals surface area contributed by atoms with Crippen molar-refractivity contribution < 1.29 is 14.7 Å². The molecule has 1 aromatic rings. The highest BCUT2D eigenvalue weighted by Crippen LogP contribution is 2.21. The Balaban J connectivity index is 1.63. The van der Waals surface area contributed by atoms with E-state index in [-0.39, 0.29) is 18.1 Å². The summed E-state index contributed by atoms with van der Waals surface area (Å²) < 4.78 is 1.51. The molecule has 1 atom stereocenters. The normalized spacial score (nSPS) is 22.9. The van der Waals surface area contributed by atoms with Crippen molar-refractivity contribution in [2.24, 2.45) is 0 Å².